The molecule has 1 aromatic heterocycles. The molecule has 0 radical (unpaired) electrons. The Kier molecular flexibility index (Phi) is 4.93. The van der Waals surface area contributed by atoms with Crippen LogP contribution in [0.5, 0.6) is 0 Å². The van der Waals surface area contributed by atoms with Crippen LogP contribution < -0.4 is 5.32 Å². The number of benzene rings is 1. The molecule has 0 saturated heterocycles. The number of nitrogens with zero attached hydrogens (tertiary/aromatic N) is 2. The van der Waals surface area contributed by atoms with Crippen molar-refractivity contribution in [3.8, 4) is 0 Å². The first-order chi connectivity index (χ1) is 10.7. The van der Waals surface area contributed by atoms with E-state index < -0.39 is 0 Å². The minimum atomic E-state index is 0.0958. The Hall–Kier alpha value is -1.62. The minimum Gasteiger partial charge on any atom is -0.352 e. The van der Waals surface area contributed by atoms with Crippen LogP contribution in [0.1, 0.15) is 32.6 Å². The fourth-order valence-electron chi connectivity index (χ4n) is 3.02. The molecule has 1 aromatic carbocycles. The molecule has 1 N–H and O–H groups in total. The Morgan fingerprint density at radius 2 is 2.14 bits per heavy atom. The number of fused-ring (bicyclic) bond motifs is 1. The third-order valence-electron chi connectivity index (χ3n) is 4.33. The molecule has 1 aliphatic rings. The Balaban J connectivity index is 1.60. The van der Waals surface area contributed by atoms with Crippen molar-refractivity contribution in [2.45, 2.75) is 43.7 Å². The van der Waals surface area contributed by atoms with E-state index in [0.717, 1.165) is 22.2 Å². The van der Waals surface area contributed by atoms with Crippen LogP contribution in [-0.2, 0) is 4.79 Å². The molecule has 4 nitrogen and oxygen atoms in total. The van der Waals surface area contributed by atoms with Crippen molar-refractivity contribution in [3.63, 3.8) is 0 Å². The van der Waals surface area contributed by atoms with E-state index in [1.54, 1.807) is 6.20 Å². The van der Waals surface area contributed by atoms with E-state index in [4.69, 9.17) is 0 Å². The minimum absolute atomic E-state index is 0.0958. The van der Waals surface area contributed by atoms with E-state index in [1.807, 2.05) is 24.3 Å². The second kappa shape index (κ2) is 7.09. The highest BCUT2D eigenvalue weighted by Crippen LogP contribution is 2.26. The Labute approximate surface area is 135 Å². The standard InChI is InChI=1S/C17H21N3OS/c1-12-6-2-5-9-15(12)19-16(21)11-22-17-14-8-4-3-7-13(14)10-18-20-17/h3-4,7-8,10,12,15H,2,5-6,9,11H2,1H3,(H,19,21)/t12-,15-/m1/s1. The molecule has 1 amide bonds. The van der Waals surface area contributed by atoms with Gasteiger partial charge in [-0.2, -0.15) is 5.10 Å². The predicted octanol–water partition coefficient (Wildman–Crippen LogP) is 3.42. The molecule has 1 heterocycles. The maximum Gasteiger partial charge on any atom is 0.230 e. The number of amides is 1. The maximum atomic E-state index is 12.2. The molecule has 1 saturated carbocycles. The molecule has 0 spiro atoms. The summed E-state index contributed by atoms with van der Waals surface area (Å²) in [6.45, 7) is 2.23. The van der Waals surface area contributed by atoms with Gasteiger partial charge >= 0.3 is 0 Å². The van der Waals surface area contributed by atoms with Gasteiger partial charge in [0.15, 0.2) is 0 Å². The lowest BCUT2D eigenvalue weighted by atomic mass is 9.86. The molecule has 0 aliphatic heterocycles. The topological polar surface area (TPSA) is 54.9 Å². The first kappa shape index (κ1) is 15.3. The molecule has 0 bridgehead atoms. The summed E-state index contributed by atoms with van der Waals surface area (Å²) in [6.07, 6.45) is 6.58. The highest BCUT2D eigenvalue weighted by Gasteiger charge is 2.22. The molecular formula is C17H21N3OS. The molecule has 2 aromatic rings. The van der Waals surface area contributed by atoms with E-state index >= 15 is 0 Å². The highest BCUT2D eigenvalue weighted by atomic mass is 32.2. The van der Waals surface area contributed by atoms with Gasteiger partial charge in [0.2, 0.25) is 5.91 Å². The van der Waals surface area contributed by atoms with E-state index in [0.29, 0.717) is 17.7 Å². The van der Waals surface area contributed by atoms with Crippen molar-refractivity contribution in [2.75, 3.05) is 5.75 Å². The van der Waals surface area contributed by atoms with Crippen LogP contribution >= 0.6 is 11.8 Å². The van der Waals surface area contributed by atoms with Crippen LogP contribution in [0, 0.1) is 5.92 Å². The summed E-state index contributed by atoms with van der Waals surface area (Å²) in [7, 11) is 0. The molecule has 0 unspecified atom stereocenters. The molecule has 2 atom stereocenters. The van der Waals surface area contributed by atoms with Crippen molar-refractivity contribution < 1.29 is 4.79 Å². The summed E-state index contributed by atoms with van der Waals surface area (Å²) >= 11 is 1.46. The predicted molar refractivity (Wildman–Crippen MR) is 89.8 cm³/mol. The van der Waals surface area contributed by atoms with Gasteiger partial charge < -0.3 is 5.32 Å². The summed E-state index contributed by atoms with van der Waals surface area (Å²) < 4.78 is 0. The molecule has 116 valence electrons. The number of carbonyl (C=O) groups excluding carboxylic acids is 1. The van der Waals surface area contributed by atoms with Crippen molar-refractivity contribution in [1.82, 2.24) is 15.5 Å². The molecule has 22 heavy (non-hydrogen) atoms. The third-order valence-corrected chi connectivity index (χ3v) is 5.32. The molecule has 5 heteroatoms. The van der Waals surface area contributed by atoms with Gasteiger partial charge in [-0.3, -0.25) is 4.79 Å². The van der Waals surface area contributed by atoms with Crippen molar-refractivity contribution in [1.29, 1.82) is 0 Å². The molecular weight excluding hydrogens is 294 g/mol. The lowest BCUT2D eigenvalue weighted by Gasteiger charge is -2.29. The van der Waals surface area contributed by atoms with E-state index in [1.165, 1.54) is 31.0 Å². The maximum absolute atomic E-state index is 12.2. The largest absolute Gasteiger partial charge is 0.352 e. The van der Waals surface area contributed by atoms with Gasteiger partial charge in [0, 0.05) is 16.8 Å². The summed E-state index contributed by atoms with van der Waals surface area (Å²) in [5.41, 5.74) is 0. The van der Waals surface area contributed by atoms with Gasteiger partial charge in [0.1, 0.15) is 5.03 Å². The van der Waals surface area contributed by atoms with Gasteiger partial charge in [0.05, 0.1) is 11.9 Å². The second-order valence-corrected chi connectivity index (χ2v) is 6.93. The lowest BCUT2D eigenvalue weighted by molar-refractivity contribution is -0.119. The number of nitrogens with one attached hydrogen (secondary N) is 1. The lowest BCUT2D eigenvalue weighted by Crippen LogP contribution is -2.41. The number of hydrogen-bond acceptors (Lipinski definition) is 4. The zero-order valence-corrected chi connectivity index (χ0v) is 13.6. The number of carbonyl (C=O) groups is 1. The monoisotopic (exact) mass is 315 g/mol. The zero-order chi connectivity index (χ0) is 15.4. The second-order valence-electron chi connectivity index (χ2n) is 5.96. The van der Waals surface area contributed by atoms with Crippen LogP contribution in [-0.4, -0.2) is 27.9 Å². The highest BCUT2D eigenvalue weighted by molar-refractivity contribution is 8.00. The molecule has 1 fully saturated rings. The average molecular weight is 315 g/mol. The average Bonchev–Trinajstić information content (AvgIpc) is 2.55. The van der Waals surface area contributed by atoms with Crippen LogP contribution in [0.15, 0.2) is 35.5 Å². The summed E-state index contributed by atoms with van der Waals surface area (Å²) in [5.74, 6) is 1.07. The number of hydrogen-bond donors (Lipinski definition) is 1. The third kappa shape index (κ3) is 3.58. The van der Waals surface area contributed by atoms with Crippen LogP contribution in [0.25, 0.3) is 10.8 Å². The zero-order valence-electron chi connectivity index (χ0n) is 12.8. The van der Waals surface area contributed by atoms with Gasteiger partial charge in [-0.15, -0.1) is 5.10 Å². The van der Waals surface area contributed by atoms with Gasteiger partial charge in [-0.1, -0.05) is 55.8 Å². The van der Waals surface area contributed by atoms with Crippen LogP contribution in [0.3, 0.4) is 0 Å². The fourth-order valence-corrected chi connectivity index (χ4v) is 3.82. The fraction of sp³-hybridized carbons (Fsp3) is 0.471. The van der Waals surface area contributed by atoms with Crippen LogP contribution in [0.4, 0.5) is 0 Å². The van der Waals surface area contributed by atoms with Gasteiger partial charge in [-0.05, 0) is 18.8 Å². The summed E-state index contributed by atoms with van der Waals surface area (Å²) in [5, 5.41) is 14.3. The first-order valence-electron chi connectivity index (χ1n) is 7.86. The summed E-state index contributed by atoms with van der Waals surface area (Å²) in [4.78, 5) is 12.2. The molecule has 3 rings (SSSR count). The SMILES string of the molecule is C[C@@H]1CCCC[C@H]1NC(=O)CSc1nncc2ccccc12. The van der Waals surface area contributed by atoms with E-state index in [9.17, 15) is 4.79 Å². The Morgan fingerprint density at radius 3 is 3.00 bits per heavy atom. The normalized spacial score (nSPS) is 21.7. The summed E-state index contributed by atoms with van der Waals surface area (Å²) in [6, 6.07) is 8.33. The number of aromatic nitrogens is 2. The van der Waals surface area contributed by atoms with Crippen molar-refractivity contribution in [3.05, 3.63) is 30.5 Å². The van der Waals surface area contributed by atoms with E-state index in [2.05, 4.69) is 22.4 Å². The number of rotatable bonds is 4. The van der Waals surface area contributed by atoms with Gasteiger partial charge in [0.25, 0.3) is 0 Å². The molecule has 1 aliphatic carbocycles. The quantitative estimate of drug-likeness (QED) is 0.878. The Bertz CT molecular complexity index is 656. The van der Waals surface area contributed by atoms with Crippen molar-refractivity contribution >= 4 is 28.4 Å². The van der Waals surface area contributed by atoms with Gasteiger partial charge in [-0.25, -0.2) is 0 Å². The Morgan fingerprint density at radius 1 is 1.32 bits per heavy atom. The van der Waals surface area contributed by atoms with E-state index in [-0.39, 0.29) is 5.91 Å². The van der Waals surface area contributed by atoms with Crippen LogP contribution in [0.2, 0.25) is 0 Å². The number of thioether (sulfide) groups is 1. The smallest absolute Gasteiger partial charge is 0.230 e. The first-order valence-corrected chi connectivity index (χ1v) is 8.85. The van der Waals surface area contributed by atoms with Crippen molar-refractivity contribution in [2.24, 2.45) is 5.92 Å².